The summed E-state index contributed by atoms with van der Waals surface area (Å²) in [5, 5.41) is 3.29. The summed E-state index contributed by atoms with van der Waals surface area (Å²) in [5.74, 6) is 1.20. The lowest BCUT2D eigenvalue weighted by Crippen LogP contribution is -2.38. The maximum Gasteiger partial charge on any atom is 0.214 e. The van der Waals surface area contributed by atoms with Crippen LogP contribution in [0.2, 0.25) is 0 Å². The Labute approximate surface area is 118 Å². The zero-order chi connectivity index (χ0) is 14.1. The average Bonchev–Trinajstić information content (AvgIpc) is 2.79. The zero-order valence-electron chi connectivity index (χ0n) is 12.5. The van der Waals surface area contributed by atoms with E-state index in [1.165, 1.54) is 0 Å². The Morgan fingerprint density at radius 1 is 1.16 bits per heavy atom. The predicted molar refractivity (Wildman–Crippen MR) is 78.5 cm³/mol. The van der Waals surface area contributed by atoms with Crippen LogP contribution in [0.1, 0.15) is 40.0 Å². The van der Waals surface area contributed by atoms with E-state index in [0.717, 1.165) is 45.4 Å². The minimum absolute atomic E-state index is 0.207. The number of hydrogen-bond acceptors (Lipinski definition) is 3. The summed E-state index contributed by atoms with van der Waals surface area (Å²) in [5.41, 5.74) is 0.207. The molecule has 0 aromatic carbocycles. The highest BCUT2D eigenvalue weighted by Crippen LogP contribution is 2.35. The third kappa shape index (κ3) is 3.92. The summed E-state index contributed by atoms with van der Waals surface area (Å²) in [6.45, 7) is 9.99. The van der Waals surface area contributed by atoms with Crippen molar-refractivity contribution in [2.75, 3.05) is 31.9 Å². The van der Waals surface area contributed by atoms with E-state index < -0.39 is 10.0 Å². The molecule has 112 valence electrons. The normalized spacial score (nSPS) is 27.8. The largest absolute Gasteiger partial charge is 0.317 e. The Balaban J connectivity index is 1.93. The van der Waals surface area contributed by atoms with Gasteiger partial charge < -0.3 is 5.32 Å². The molecule has 4 nitrogen and oxygen atoms in total. The van der Waals surface area contributed by atoms with Gasteiger partial charge in [-0.15, -0.1) is 0 Å². The van der Waals surface area contributed by atoms with Crippen LogP contribution in [0.25, 0.3) is 0 Å². The van der Waals surface area contributed by atoms with Crippen molar-refractivity contribution in [1.82, 2.24) is 9.62 Å². The summed E-state index contributed by atoms with van der Waals surface area (Å²) < 4.78 is 26.7. The lowest BCUT2D eigenvalue weighted by atomic mass is 9.80. The van der Waals surface area contributed by atoms with Gasteiger partial charge in [0.05, 0.1) is 5.75 Å². The van der Waals surface area contributed by atoms with Crippen molar-refractivity contribution < 1.29 is 8.42 Å². The van der Waals surface area contributed by atoms with Crippen LogP contribution in [0.4, 0.5) is 0 Å². The first-order valence-corrected chi connectivity index (χ1v) is 9.08. The van der Waals surface area contributed by atoms with E-state index in [2.05, 4.69) is 26.1 Å². The molecular formula is C14H28N2O2S. The minimum atomic E-state index is -3.05. The molecule has 1 N–H and O–H groups in total. The maximum atomic E-state index is 12.5. The molecule has 0 amide bonds. The van der Waals surface area contributed by atoms with Crippen LogP contribution in [0.5, 0.6) is 0 Å². The fourth-order valence-corrected chi connectivity index (χ4v) is 5.07. The van der Waals surface area contributed by atoms with Gasteiger partial charge >= 0.3 is 0 Å². The van der Waals surface area contributed by atoms with Gasteiger partial charge in [0.1, 0.15) is 0 Å². The molecule has 2 aliphatic heterocycles. The second-order valence-corrected chi connectivity index (χ2v) is 9.20. The number of hydrogen-bond donors (Lipinski definition) is 1. The number of nitrogens with one attached hydrogen (secondary N) is 1. The number of rotatable bonds is 3. The van der Waals surface area contributed by atoms with Gasteiger partial charge in [-0.2, -0.15) is 0 Å². The van der Waals surface area contributed by atoms with Crippen molar-refractivity contribution in [3.05, 3.63) is 0 Å². The van der Waals surface area contributed by atoms with Gasteiger partial charge in [-0.25, -0.2) is 12.7 Å². The van der Waals surface area contributed by atoms with Gasteiger partial charge in [0.2, 0.25) is 10.0 Å². The fourth-order valence-electron chi connectivity index (χ4n) is 3.14. The summed E-state index contributed by atoms with van der Waals surface area (Å²) in [6, 6.07) is 0. The van der Waals surface area contributed by atoms with E-state index in [4.69, 9.17) is 0 Å². The molecule has 2 saturated heterocycles. The van der Waals surface area contributed by atoms with E-state index in [-0.39, 0.29) is 5.41 Å². The lowest BCUT2D eigenvalue weighted by Gasteiger charge is -2.28. The van der Waals surface area contributed by atoms with Gasteiger partial charge in [0.15, 0.2) is 0 Å². The molecule has 1 atom stereocenters. The highest BCUT2D eigenvalue weighted by atomic mass is 32.2. The van der Waals surface area contributed by atoms with Gasteiger partial charge in [0, 0.05) is 13.1 Å². The number of sulfonamides is 1. The standard InChI is InChI=1S/C14H28N2O2S/c1-14(2,3)13-6-9-16(10-13)19(17,18)11-12-4-7-15-8-5-12/h12-13,15H,4-11H2,1-3H3. The van der Waals surface area contributed by atoms with E-state index in [1.807, 2.05) is 0 Å². The third-order valence-electron chi connectivity index (χ3n) is 4.67. The van der Waals surface area contributed by atoms with Gasteiger partial charge in [-0.1, -0.05) is 20.8 Å². The summed E-state index contributed by atoms with van der Waals surface area (Å²) in [4.78, 5) is 0. The summed E-state index contributed by atoms with van der Waals surface area (Å²) in [6.07, 6.45) is 3.00. The molecule has 0 aliphatic carbocycles. The van der Waals surface area contributed by atoms with Crippen LogP contribution in [-0.2, 0) is 10.0 Å². The molecule has 0 bridgehead atoms. The minimum Gasteiger partial charge on any atom is -0.317 e. The van der Waals surface area contributed by atoms with Crippen molar-refractivity contribution in [2.24, 2.45) is 17.3 Å². The van der Waals surface area contributed by atoms with Gasteiger partial charge in [-0.3, -0.25) is 0 Å². The Morgan fingerprint density at radius 2 is 1.79 bits per heavy atom. The predicted octanol–water partition coefficient (Wildman–Crippen LogP) is 1.68. The second kappa shape index (κ2) is 5.70. The van der Waals surface area contributed by atoms with Crippen LogP contribution in [0.15, 0.2) is 0 Å². The SMILES string of the molecule is CC(C)(C)C1CCN(S(=O)(=O)CC2CCNCC2)C1. The first-order chi connectivity index (χ1) is 8.79. The molecule has 0 aromatic rings. The highest BCUT2D eigenvalue weighted by molar-refractivity contribution is 7.89. The van der Waals surface area contributed by atoms with Crippen molar-refractivity contribution in [2.45, 2.75) is 40.0 Å². The number of nitrogens with zero attached hydrogens (tertiary/aromatic N) is 1. The van der Waals surface area contributed by atoms with E-state index >= 15 is 0 Å². The van der Waals surface area contributed by atoms with Crippen LogP contribution in [-0.4, -0.2) is 44.7 Å². The van der Waals surface area contributed by atoms with Gasteiger partial charge in [0.25, 0.3) is 0 Å². The van der Waals surface area contributed by atoms with Gasteiger partial charge in [-0.05, 0) is 49.6 Å². The number of piperidine rings is 1. The summed E-state index contributed by atoms with van der Waals surface area (Å²) >= 11 is 0. The molecule has 19 heavy (non-hydrogen) atoms. The van der Waals surface area contributed by atoms with Crippen molar-refractivity contribution in [3.8, 4) is 0 Å². The fraction of sp³-hybridized carbons (Fsp3) is 1.00. The topological polar surface area (TPSA) is 49.4 Å². The molecule has 0 spiro atoms. The average molecular weight is 288 g/mol. The Hall–Kier alpha value is -0.130. The molecule has 2 aliphatic rings. The van der Waals surface area contributed by atoms with Crippen LogP contribution in [0.3, 0.4) is 0 Å². The van der Waals surface area contributed by atoms with Crippen LogP contribution >= 0.6 is 0 Å². The molecule has 2 heterocycles. The smallest absolute Gasteiger partial charge is 0.214 e. The molecular weight excluding hydrogens is 260 g/mol. The summed E-state index contributed by atoms with van der Waals surface area (Å²) in [7, 11) is -3.05. The molecule has 1 unspecified atom stereocenters. The Morgan fingerprint density at radius 3 is 2.32 bits per heavy atom. The van der Waals surface area contributed by atoms with E-state index in [1.54, 1.807) is 4.31 Å². The maximum absolute atomic E-state index is 12.5. The quantitative estimate of drug-likeness (QED) is 0.859. The molecule has 2 rings (SSSR count). The lowest BCUT2D eigenvalue weighted by molar-refractivity contribution is 0.251. The highest BCUT2D eigenvalue weighted by Gasteiger charge is 2.37. The van der Waals surface area contributed by atoms with E-state index in [9.17, 15) is 8.42 Å². The van der Waals surface area contributed by atoms with Crippen LogP contribution < -0.4 is 5.32 Å². The zero-order valence-corrected chi connectivity index (χ0v) is 13.3. The van der Waals surface area contributed by atoms with Crippen molar-refractivity contribution >= 4 is 10.0 Å². The molecule has 0 radical (unpaired) electrons. The first-order valence-electron chi connectivity index (χ1n) is 7.47. The van der Waals surface area contributed by atoms with Crippen molar-refractivity contribution in [1.29, 1.82) is 0 Å². The van der Waals surface area contributed by atoms with E-state index in [0.29, 0.717) is 17.6 Å². The second-order valence-electron chi connectivity index (χ2n) is 7.18. The Kier molecular flexibility index (Phi) is 4.58. The molecule has 5 heteroatoms. The molecule has 0 aromatic heterocycles. The molecule has 0 saturated carbocycles. The van der Waals surface area contributed by atoms with Crippen LogP contribution in [0, 0.1) is 17.3 Å². The monoisotopic (exact) mass is 288 g/mol. The molecule has 2 fully saturated rings. The third-order valence-corrected chi connectivity index (χ3v) is 6.69. The van der Waals surface area contributed by atoms with Crippen molar-refractivity contribution in [3.63, 3.8) is 0 Å². The Bertz CT molecular complexity index is 394. The first kappa shape index (κ1) is 15.3.